The Labute approximate surface area is 143 Å². The summed E-state index contributed by atoms with van der Waals surface area (Å²) < 4.78 is 39.5. The van der Waals surface area contributed by atoms with Crippen LogP contribution in [-0.2, 0) is 12.6 Å². The van der Waals surface area contributed by atoms with Crippen LogP contribution in [0.1, 0.15) is 29.0 Å². The van der Waals surface area contributed by atoms with Crippen molar-refractivity contribution in [3.05, 3.63) is 69.7 Å². The zero-order valence-corrected chi connectivity index (χ0v) is 14.4. The Hall–Kier alpha value is -1.33. The Bertz CT molecular complexity index is 626. The van der Waals surface area contributed by atoms with Crippen LogP contribution in [0.5, 0.6) is 0 Å². The molecule has 5 heteroatoms. The van der Waals surface area contributed by atoms with Crippen molar-refractivity contribution in [1.29, 1.82) is 0 Å². The van der Waals surface area contributed by atoms with Crippen molar-refractivity contribution >= 4 is 15.9 Å². The van der Waals surface area contributed by atoms with Gasteiger partial charge < -0.3 is 5.32 Å². The number of nitrogens with one attached hydrogen (secondary N) is 1. The molecule has 0 bridgehead atoms. The van der Waals surface area contributed by atoms with Gasteiger partial charge >= 0.3 is 6.18 Å². The molecule has 1 N–H and O–H groups in total. The summed E-state index contributed by atoms with van der Waals surface area (Å²) in [5.41, 5.74) is 1.23. The molecule has 0 radical (unpaired) electrons. The number of hydrogen-bond donors (Lipinski definition) is 1. The van der Waals surface area contributed by atoms with Crippen molar-refractivity contribution < 1.29 is 13.2 Å². The number of benzene rings is 2. The fourth-order valence-corrected chi connectivity index (χ4v) is 3.01. The summed E-state index contributed by atoms with van der Waals surface area (Å²) in [6, 6.07) is 13.8. The van der Waals surface area contributed by atoms with Crippen molar-refractivity contribution in [2.75, 3.05) is 13.6 Å². The van der Waals surface area contributed by atoms with E-state index in [9.17, 15) is 13.2 Å². The zero-order valence-electron chi connectivity index (χ0n) is 12.8. The van der Waals surface area contributed by atoms with Gasteiger partial charge in [0.15, 0.2) is 0 Å². The summed E-state index contributed by atoms with van der Waals surface area (Å²) in [5.74, 6) is 0.170. The highest BCUT2D eigenvalue weighted by atomic mass is 79.9. The quantitative estimate of drug-likeness (QED) is 0.701. The maximum Gasteiger partial charge on any atom is 0.416 e. The smallest absolute Gasteiger partial charge is 0.320 e. The average Bonchev–Trinajstić information content (AvgIpc) is 2.52. The molecule has 0 aliphatic rings. The normalized spacial score (nSPS) is 13.1. The lowest BCUT2D eigenvalue weighted by atomic mass is 9.89. The maximum atomic E-state index is 12.9. The second kappa shape index (κ2) is 7.97. The van der Waals surface area contributed by atoms with Gasteiger partial charge in [-0.1, -0.05) is 46.3 Å². The van der Waals surface area contributed by atoms with Crippen LogP contribution in [0.15, 0.2) is 53.0 Å². The van der Waals surface area contributed by atoms with Gasteiger partial charge in [0.05, 0.1) is 5.56 Å². The SMILES string of the molecule is CNCCC(Cc1cc(C(F)(F)F)ccc1Br)c1ccccc1. The minimum absolute atomic E-state index is 0.170. The molecule has 0 saturated carbocycles. The second-order valence-corrected chi connectivity index (χ2v) is 6.36. The van der Waals surface area contributed by atoms with Gasteiger partial charge in [-0.15, -0.1) is 0 Å². The average molecular weight is 386 g/mol. The first-order chi connectivity index (χ1) is 10.9. The van der Waals surface area contributed by atoms with Crippen molar-refractivity contribution in [3.8, 4) is 0 Å². The topological polar surface area (TPSA) is 12.0 Å². The molecule has 23 heavy (non-hydrogen) atoms. The molecule has 0 aliphatic heterocycles. The van der Waals surface area contributed by atoms with Crippen molar-refractivity contribution in [3.63, 3.8) is 0 Å². The largest absolute Gasteiger partial charge is 0.416 e. The van der Waals surface area contributed by atoms with Gasteiger partial charge in [0.2, 0.25) is 0 Å². The third-order valence-corrected chi connectivity index (χ3v) is 4.63. The van der Waals surface area contributed by atoms with Crippen LogP contribution in [0, 0.1) is 0 Å². The standard InChI is InChI=1S/C18H19BrF3N/c1-23-10-9-14(13-5-3-2-4-6-13)11-15-12-16(18(20,21)22)7-8-17(15)19/h2-8,12,14,23H,9-11H2,1H3. The highest BCUT2D eigenvalue weighted by molar-refractivity contribution is 9.10. The predicted molar refractivity (Wildman–Crippen MR) is 90.6 cm³/mol. The van der Waals surface area contributed by atoms with Crippen molar-refractivity contribution in [2.45, 2.75) is 24.9 Å². The third-order valence-electron chi connectivity index (χ3n) is 3.85. The molecule has 1 atom stereocenters. The molecule has 0 saturated heterocycles. The van der Waals surface area contributed by atoms with Crippen LogP contribution < -0.4 is 5.32 Å². The second-order valence-electron chi connectivity index (χ2n) is 5.51. The van der Waals surface area contributed by atoms with E-state index in [4.69, 9.17) is 0 Å². The first kappa shape index (κ1) is 18.0. The van der Waals surface area contributed by atoms with E-state index in [1.165, 1.54) is 12.1 Å². The highest BCUT2D eigenvalue weighted by Gasteiger charge is 2.31. The number of rotatable bonds is 6. The van der Waals surface area contributed by atoms with Gasteiger partial charge in [-0.3, -0.25) is 0 Å². The Morgan fingerprint density at radius 3 is 2.39 bits per heavy atom. The van der Waals surface area contributed by atoms with E-state index in [2.05, 4.69) is 21.2 Å². The van der Waals surface area contributed by atoms with E-state index >= 15 is 0 Å². The molecule has 0 heterocycles. The lowest BCUT2D eigenvalue weighted by Gasteiger charge is -2.19. The Kier molecular flexibility index (Phi) is 6.25. The van der Waals surface area contributed by atoms with E-state index in [1.807, 2.05) is 37.4 Å². The molecule has 2 rings (SSSR count). The van der Waals surface area contributed by atoms with Gasteiger partial charge in [-0.2, -0.15) is 13.2 Å². The molecule has 124 valence electrons. The molecule has 0 aliphatic carbocycles. The Morgan fingerprint density at radius 1 is 1.09 bits per heavy atom. The van der Waals surface area contributed by atoms with Crippen LogP contribution in [0.2, 0.25) is 0 Å². The summed E-state index contributed by atoms with van der Waals surface area (Å²) >= 11 is 3.38. The molecule has 0 aromatic heterocycles. The van der Waals surface area contributed by atoms with Crippen LogP contribution in [0.4, 0.5) is 13.2 Å². The van der Waals surface area contributed by atoms with Gasteiger partial charge in [-0.05, 0) is 61.7 Å². The first-order valence-electron chi connectivity index (χ1n) is 7.47. The predicted octanol–water partition coefficient (Wildman–Crippen LogP) is 5.40. The van der Waals surface area contributed by atoms with E-state index in [-0.39, 0.29) is 5.92 Å². The minimum atomic E-state index is -4.32. The monoisotopic (exact) mass is 385 g/mol. The molecule has 0 amide bonds. The number of halogens is 4. The fourth-order valence-electron chi connectivity index (χ4n) is 2.60. The lowest BCUT2D eigenvalue weighted by Crippen LogP contribution is -2.14. The lowest BCUT2D eigenvalue weighted by molar-refractivity contribution is -0.137. The van der Waals surface area contributed by atoms with Crippen LogP contribution >= 0.6 is 15.9 Å². The minimum Gasteiger partial charge on any atom is -0.320 e. The van der Waals surface area contributed by atoms with Gasteiger partial charge in [0, 0.05) is 4.47 Å². The van der Waals surface area contributed by atoms with Crippen LogP contribution in [0.3, 0.4) is 0 Å². The van der Waals surface area contributed by atoms with Crippen molar-refractivity contribution in [2.24, 2.45) is 0 Å². The molecular weight excluding hydrogens is 367 g/mol. The molecule has 2 aromatic rings. The summed E-state index contributed by atoms with van der Waals surface area (Å²) in [6.07, 6.45) is -2.89. The van der Waals surface area contributed by atoms with Gasteiger partial charge in [0.1, 0.15) is 0 Å². The summed E-state index contributed by atoms with van der Waals surface area (Å²) in [4.78, 5) is 0. The maximum absolute atomic E-state index is 12.9. The summed E-state index contributed by atoms with van der Waals surface area (Å²) in [6.45, 7) is 0.816. The summed E-state index contributed by atoms with van der Waals surface area (Å²) in [5, 5.41) is 3.11. The number of alkyl halides is 3. The molecular formula is C18H19BrF3N. The van der Waals surface area contributed by atoms with Crippen LogP contribution in [0.25, 0.3) is 0 Å². The molecule has 0 fully saturated rings. The molecule has 0 spiro atoms. The Morgan fingerprint density at radius 2 is 1.78 bits per heavy atom. The molecule has 1 nitrogen and oxygen atoms in total. The van der Waals surface area contributed by atoms with Gasteiger partial charge in [-0.25, -0.2) is 0 Å². The van der Waals surface area contributed by atoms with E-state index in [0.29, 0.717) is 12.0 Å². The van der Waals surface area contributed by atoms with Crippen LogP contribution in [-0.4, -0.2) is 13.6 Å². The van der Waals surface area contributed by atoms with Gasteiger partial charge in [0.25, 0.3) is 0 Å². The van der Waals surface area contributed by atoms with E-state index in [0.717, 1.165) is 29.1 Å². The van der Waals surface area contributed by atoms with Crippen molar-refractivity contribution in [1.82, 2.24) is 5.32 Å². The summed E-state index contributed by atoms with van der Waals surface area (Å²) in [7, 11) is 1.88. The zero-order chi connectivity index (χ0) is 16.9. The van der Waals surface area contributed by atoms with E-state index < -0.39 is 11.7 Å². The third kappa shape index (κ3) is 5.08. The highest BCUT2D eigenvalue weighted by Crippen LogP contribution is 2.34. The first-order valence-corrected chi connectivity index (χ1v) is 8.26. The molecule has 1 unspecified atom stereocenters. The Balaban J connectivity index is 2.29. The fraction of sp³-hybridized carbons (Fsp3) is 0.333. The van der Waals surface area contributed by atoms with E-state index in [1.54, 1.807) is 0 Å². The number of hydrogen-bond acceptors (Lipinski definition) is 1. The molecule has 2 aromatic carbocycles.